The maximum Gasteiger partial charge on any atom is 0.231 e. The maximum atomic E-state index is 5.73. The van der Waals surface area contributed by atoms with E-state index in [9.17, 15) is 0 Å². The molecule has 0 amide bonds. The highest BCUT2D eigenvalue weighted by Gasteiger charge is 2.17. The fourth-order valence-electron chi connectivity index (χ4n) is 2.14. The van der Waals surface area contributed by atoms with Crippen LogP contribution in [0.1, 0.15) is 49.2 Å². The molecular formula is C15H21N3O2. The van der Waals surface area contributed by atoms with E-state index in [0.717, 1.165) is 17.5 Å². The number of hydrogen-bond acceptors (Lipinski definition) is 5. The predicted molar refractivity (Wildman–Crippen MR) is 76.1 cm³/mol. The summed E-state index contributed by atoms with van der Waals surface area (Å²) in [6, 6.07) is 8.02. The average molecular weight is 275 g/mol. The summed E-state index contributed by atoms with van der Waals surface area (Å²) < 4.78 is 10.9. The molecule has 0 bridgehead atoms. The summed E-state index contributed by atoms with van der Waals surface area (Å²) in [6.45, 7) is 5.15. The third-order valence-electron chi connectivity index (χ3n) is 3.19. The van der Waals surface area contributed by atoms with Crippen molar-refractivity contribution in [2.75, 3.05) is 6.61 Å². The molecule has 2 rings (SSSR count). The van der Waals surface area contributed by atoms with Crippen LogP contribution in [0.5, 0.6) is 0 Å². The molecule has 5 heteroatoms. The minimum atomic E-state index is -0.0951. The Morgan fingerprint density at radius 3 is 2.65 bits per heavy atom. The number of ether oxygens (including phenoxy) is 1. The fraction of sp³-hybridized carbons (Fsp3) is 0.467. The van der Waals surface area contributed by atoms with Gasteiger partial charge in [-0.25, -0.2) is 0 Å². The van der Waals surface area contributed by atoms with Crippen LogP contribution in [-0.2, 0) is 17.7 Å². The lowest BCUT2D eigenvalue weighted by atomic mass is 10.0. The normalized spacial score (nSPS) is 12.6. The third kappa shape index (κ3) is 3.43. The minimum Gasteiger partial charge on any atom is -0.370 e. The number of nitrogens with two attached hydrogens (primary N) is 1. The van der Waals surface area contributed by atoms with Crippen LogP contribution in [0.15, 0.2) is 28.8 Å². The number of nitrogens with zero attached hydrogens (tertiary/aromatic N) is 2. The smallest absolute Gasteiger partial charge is 0.231 e. The first-order valence-corrected chi connectivity index (χ1v) is 6.99. The molecule has 2 aromatic rings. The molecule has 0 aliphatic rings. The Bertz CT molecular complexity index is 539. The SMILES string of the molecule is CCOC(CC)c1noc(Cc2ccccc2CN)n1. The van der Waals surface area contributed by atoms with Crippen molar-refractivity contribution in [3.8, 4) is 0 Å². The Labute approximate surface area is 119 Å². The summed E-state index contributed by atoms with van der Waals surface area (Å²) in [4.78, 5) is 4.43. The van der Waals surface area contributed by atoms with Gasteiger partial charge in [0.15, 0.2) is 0 Å². The standard InChI is InChI=1S/C15H21N3O2/c1-3-13(19-4-2)15-17-14(20-18-15)9-11-7-5-6-8-12(11)10-16/h5-8,13H,3-4,9-10,16H2,1-2H3. The number of benzene rings is 1. The van der Waals surface area contributed by atoms with Gasteiger partial charge in [-0.2, -0.15) is 4.98 Å². The largest absolute Gasteiger partial charge is 0.370 e. The molecule has 5 nitrogen and oxygen atoms in total. The summed E-state index contributed by atoms with van der Waals surface area (Å²) in [5, 5.41) is 4.02. The molecule has 0 saturated heterocycles. The molecule has 0 radical (unpaired) electrons. The lowest BCUT2D eigenvalue weighted by molar-refractivity contribution is 0.0518. The first-order valence-electron chi connectivity index (χ1n) is 6.99. The molecule has 0 spiro atoms. The monoisotopic (exact) mass is 275 g/mol. The topological polar surface area (TPSA) is 74.2 Å². The van der Waals surface area contributed by atoms with Gasteiger partial charge in [0.05, 0.1) is 6.42 Å². The molecule has 1 atom stereocenters. The van der Waals surface area contributed by atoms with Crippen LogP contribution in [0.4, 0.5) is 0 Å². The average Bonchev–Trinajstić information content (AvgIpc) is 2.93. The van der Waals surface area contributed by atoms with Crippen LogP contribution in [-0.4, -0.2) is 16.7 Å². The van der Waals surface area contributed by atoms with Crippen LogP contribution >= 0.6 is 0 Å². The van der Waals surface area contributed by atoms with Gasteiger partial charge in [-0.05, 0) is 24.5 Å². The van der Waals surface area contributed by atoms with Crippen LogP contribution < -0.4 is 5.73 Å². The lowest BCUT2D eigenvalue weighted by Crippen LogP contribution is -2.05. The van der Waals surface area contributed by atoms with Crippen LogP contribution in [0.3, 0.4) is 0 Å². The summed E-state index contributed by atoms with van der Waals surface area (Å²) in [6.07, 6.45) is 1.33. The zero-order valence-electron chi connectivity index (χ0n) is 12.0. The van der Waals surface area contributed by atoms with E-state index in [4.69, 9.17) is 15.0 Å². The lowest BCUT2D eigenvalue weighted by Gasteiger charge is -2.09. The van der Waals surface area contributed by atoms with Crippen LogP contribution in [0.2, 0.25) is 0 Å². The first-order chi connectivity index (χ1) is 9.78. The molecule has 1 heterocycles. The maximum absolute atomic E-state index is 5.73. The van der Waals surface area contributed by atoms with Crippen molar-refractivity contribution in [3.63, 3.8) is 0 Å². The Hall–Kier alpha value is -1.72. The van der Waals surface area contributed by atoms with Gasteiger partial charge in [0, 0.05) is 13.2 Å². The summed E-state index contributed by atoms with van der Waals surface area (Å²) in [5.41, 5.74) is 7.95. The molecule has 2 N–H and O–H groups in total. The summed E-state index contributed by atoms with van der Waals surface area (Å²) in [5.74, 6) is 1.22. The van der Waals surface area contributed by atoms with Crippen molar-refractivity contribution in [1.82, 2.24) is 10.1 Å². The van der Waals surface area contributed by atoms with Crippen LogP contribution in [0.25, 0.3) is 0 Å². The van der Waals surface area contributed by atoms with Gasteiger partial charge in [-0.15, -0.1) is 0 Å². The highest BCUT2D eigenvalue weighted by Crippen LogP contribution is 2.19. The molecule has 0 fully saturated rings. The van der Waals surface area contributed by atoms with Crippen molar-refractivity contribution in [2.24, 2.45) is 5.73 Å². The molecule has 108 valence electrons. The molecule has 20 heavy (non-hydrogen) atoms. The predicted octanol–water partition coefficient (Wildman–Crippen LogP) is 2.61. The van der Waals surface area contributed by atoms with E-state index < -0.39 is 0 Å². The van der Waals surface area contributed by atoms with E-state index in [0.29, 0.717) is 31.3 Å². The van der Waals surface area contributed by atoms with Gasteiger partial charge in [0.2, 0.25) is 11.7 Å². The van der Waals surface area contributed by atoms with Crippen LogP contribution in [0, 0.1) is 0 Å². The highest BCUT2D eigenvalue weighted by atomic mass is 16.5. The first kappa shape index (κ1) is 14.7. The molecular weight excluding hydrogens is 254 g/mol. The van der Waals surface area contributed by atoms with Crippen molar-refractivity contribution in [1.29, 1.82) is 0 Å². The summed E-state index contributed by atoms with van der Waals surface area (Å²) in [7, 11) is 0. The molecule has 0 saturated carbocycles. The Morgan fingerprint density at radius 1 is 1.25 bits per heavy atom. The van der Waals surface area contributed by atoms with Crippen molar-refractivity contribution < 1.29 is 9.26 Å². The van der Waals surface area contributed by atoms with Gasteiger partial charge >= 0.3 is 0 Å². The summed E-state index contributed by atoms with van der Waals surface area (Å²) >= 11 is 0. The number of hydrogen-bond donors (Lipinski definition) is 1. The Kier molecular flexibility index (Phi) is 5.26. The van der Waals surface area contributed by atoms with E-state index in [1.807, 2.05) is 38.1 Å². The molecule has 1 aromatic heterocycles. The van der Waals surface area contributed by atoms with E-state index >= 15 is 0 Å². The van der Waals surface area contributed by atoms with E-state index in [1.165, 1.54) is 0 Å². The van der Waals surface area contributed by atoms with Gasteiger partial charge in [0.25, 0.3) is 0 Å². The van der Waals surface area contributed by atoms with Crippen molar-refractivity contribution in [3.05, 3.63) is 47.1 Å². The van der Waals surface area contributed by atoms with Crippen molar-refractivity contribution >= 4 is 0 Å². The van der Waals surface area contributed by atoms with Gasteiger partial charge in [-0.1, -0.05) is 36.3 Å². The second-order valence-electron chi connectivity index (χ2n) is 4.55. The molecule has 0 aliphatic carbocycles. The highest BCUT2D eigenvalue weighted by molar-refractivity contribution is 5.29. The van der Waals surface area contributed by atoms with Gasteiger partial charge < -0.3 is 15.0 Å². The third-order valence-corrected chi connectivity index (χ3v) is 3.19. The second-order valence-corrected chi connectivity index (χ2v) is 4.55. The molecule has 1 aromatic carbocycles. The van der Waals surface area contributed by atoms with Gasteiger partial charge in [-0.3, -0.25) is 0 Å². The van der Waals surface area contributed by atoms with E-state index in [1.54, 1.807) is 0 Å². The fourth-order valence-corrected chi connectivity index (χ4v) is 2.14. The van der Waals surface area contributed by atoms with Gasteiger partial charge in [0.1, 0.15) is 6.10 Å². The minimum absolute atomic E-state index is 0.0951. The number of aromatic nitrogens is 2. The van der Waals surface area contributed by atoms with E-state index in [2.05, 4.69) is 10.1 Å². The zero-order chi connectivity index (χ0) is 14.4. The Balaban J connectivity index is 2.13. The molecule has 0 aliphatic heterocycles. The number of rotatable bonds is 7. The van der Waals surface area contributed by atoms with E-state index in [-0.39, 0.29) is 6.10 Å². The Morgan fingerprint density at radius 2 is 2.00 bits per heavy atom. The van der Waals surface area contributed by atoms with Crippen molar-refractivity contribution in [2.45, 2.75) is 39.3 Å². The molecule has 1 unspecified atom stereocenters. The quantitative estimate of drug-likeness (QED) is 0.840. The zero-order valence-corrected chi connectivity index (χ0v) is 12.0. The second kappa shape index (κ2) is 7.17.